The molecular weight excluding hydrogens is 188 g/mol. The van der Waals surface area contributed by atoms with Crippen molar-refractivity contribution in [1.29, 1.82) is 0 Å². The molecule has 3 nitrogen and oxygen atoms in total. The van der Waals surface area contributed by atoms with E-state index in [-0.39, 0.29) is 5.91 Å². The Labute approximate surface area is 89.4 Å². The van der Waals surface area contributed by atoms with Gasteiger partial charge < -0.3 is 0 Å². The summed E-state index contributed by atoms with van der Waals surface area (Å²) in [7, 11) is 0. The lowest BCUT2D eigenvalue weighted by Crippen LogP contribution is -2.38. The molecule has 1 aliphatic rings. The monoisotopic (exact) mass is 202 g/mol. The Bertz CT molecular complexity index is 421. The quantitative estimate of drug-likeness (QED) is 0.687. The summed E-state index contributed by atoms with van der Waals surface area (Å²) in [6, 6.07) is 9.60. The Kier molecular flexibility index (Phi) is 2.11. The number of hydrogen-bond acceptors (Lipinski definition) is 2. The van der Waals surface area contributed by atoms with Crippen LogP contribution in [0.4, 0.5) is 5.69 Å². The lowest BCUT2D eigenvalue weighted by Gasteiger charge is -2.19. The average Bonchev–Trinajstić information content (AvgIpc) is 2.38. The second-order valence-corrected chi connectivity index (χ2v) is 4.19. The number of hydrogen-bond donors (Lipinski definition) is 0. The summed E-state index contributed by atoms with van der Waals surface area (Å²) in [5, 5.41) is 0. The second-order valence-electron chi connectivity index (χ2n) is 4.19. The number of amides is 1. The van der Waals surface area contributed by atoms with E-state index in [0.29, 0.717) is 0 Å². The molecule has 1 amide bonds. The predicted molar refractivity (Wildman–Crippen MR) is 61.1 cm³/mol. The summed E-state index contributed by atoms with van der Waals surface area (Å²) >= 11 is 0. The number of carbonyl (C=O) groups excluding carboxylic acids is 1. The molecule has 1 aromatic rings. The Balaban J connectivity index is 2.42. The van der Waals surface area contributed by atoms with Crippen molar-refractivity contribution in [1.82, 2.24) is 0 Å². The maximum atomic E-state index is 12.0. The standard InChI is InChI=1S/C12H14N2O/c1-9-13-12(2,3)11(15)14(9)10-7-5-4-6-8-10/h4-8H,1-3H3. The summed E-state index contributed by atoms with van der Waals surface area (Å²) in [5.74, 6) is 0.794. The highest BCUT2D eigenvalue weighted by Crippen LogP contribution is 2.27. The van der Waals surface area contributed by atoms with E-state index < -0.39 is 5.54 Å². The fourth-order valence-electron chi connectivity index (χ4n) is 1.80. The van der Waals surface area contributed by atoms with Gasteiger partial charge in [0.05, 0.1) is 5.69 Å². The summed E-state index contributed by atoms with van der Waals surface area (Å²) in [6.07, 6.45) is 0. The molecule has 1 aliphatic heterocycles. The summed E-state index contributed by atoms with van der Waals surface area (Å²) in [4.78, 5) is 18.1. The Morgan fingerprint density at radius 1 is 1.20 bits per heavy atom. The molecule has 0 unspecified atom stereocenters. The van der Waals surface area contributed by atoms with Crippen LogP contribution < -0.4 is 4.90 Å². The third-order valence-electron chi connectivity index (χ3n) is 2.51. The number of amidine groups is 1. The maximum absolute atomic E-state index is 12.0. The number of anilines is 1. The molecule has 0 aromatic heterocycles. The zero-order valence-corrected chi connectivity index (χ0v) is 9.19. The third kappa shape index (κ3) is 1.54. The van der Waals surface area contributed by atoms with Crippen molar-refractivity contribution in [3.05, 3.63) is 30.3 Å². The van der Waals surface area contributed by atoms with Gasteiger partial charge in [-0.2, -0.15) is 0 Å². The SMILES string of the molecule is CC1=NC(C)(C)C(=O)N1c1ccccc1. The van der Waals surface area contributed by atoms with Gasteiger partial charge in [0, 0.05) is 0 Å². The minimum absolute atomic E-state index is 0.0335. The van der Waals surface area contributed by atoms with Crippen molar-refractivity contribution < 1.29 is 4.79 Å². The molecule has 0 spiro atoms. The second kappa shape index (κ2) is 3.19. The lowest BCUT2D eigenvalue weighted by molar-refractivity contribution is -0.120. The molecule has 0 saturated carbocycles. The Hall–Kier alpha value is -1.64. The van der Waals surface area contributed by atoms with Crippen LogP contribution in [0.15, 0.2) is 35.3 Å². The van der Waals surface area contributed by atoms with E-state index in [0.717, 1.165) is 11.5 Å². The van der Waals surface area contributed by atoms with E-state index in [1.165, 1.54) is 0 Å². The first kappa shape index (κ1) is 9.90. The molecule has 0 radical (unpaired) electrons. The Morgan fingerprint density at radius 3 is 2.27 bits per heavy atom. The average molecular weight is 202 g/mol. The van der Waals surface area contributed by atoms with Crippen molar-refractivity contribution in [2.75, 3.05) is 4.90 Å². The van der Waals surface area contributed by atoms with Crippen molar-refractivity contribution in [3.63, 3.8) is 0 Å². The van der Waals surface area contributed by atoms with Gasteiger partial charge in [0.25, 0.3) is 5.91 Å². The molecule has 0 N–H and O–H groups in total. The Morgan fingerprint density at radius 2 is 1.80 bits per heavy atom. The highest BCUT2D eigenvalue weighted by atomic mass is 16.2. The van der Waals surface area contributed by atoms with Crippen LogP contribution in [-0.4, -0.2) is 17.3 Å². The molecule has 0 aliphatic carbocycles. The van der Waals surface area contributed by atoms with Crippen molar-refractivity contribution >= 4 is 17.4 Å². The highest BCUT2D eigenvalue weighted by Gasteiger charge is 2.39. The van der Waals surface area contributed by atoms with E-state index in [9.17, 15) is 4.79 Å². The smallest absolute Gasteiger partial charge is 0.259 e. The summed E-state index contributed by atoms with van der Waals surface area (Å²) < 4.78 is 0. The summed E-state index contributed by atoms with van der Waals surface area (Å²) in [5.41, 5.74) is 0.259. The number of rotatable bonds is 1. The number of aliphatic imine (C=N–C) groups is 1. The molecule has 0 saturated heterocycles. The van der Waals surface area contributed by atoms with E-state index >= 15 is 0 Å². The molecule has 15 heavy (non-hydrogen) atoms. The van der Waals surface area contributed by atoms with E-state index in [4.69, 9.17) is 0 Å². The molecular formula is C12H14N2O. The van der Waals surface area contributed by atoms with Crippen molar-refractivity contribution in [2.45, 2.75) is 26.3 Å². The first-order valence-electron chi connectivity index (χ1n) is 4.98. The minimum atomic E-state index is -0.625. The van der Waals surface area contributed by atoms with Crippen molar-refractivity contribution in [3.8, 4) is 0 Å². The molecule has 2 rings (SSSR count). The molecule has 1 heterocycles. The molecule has 0 atom stereocenters. The summed E-state index contributed by atoms with van der Waals surface area (Å²) in [6.45, 7) is 5.53. The molecule has 1 aromatic carbocycles. The van der Waals surface area contributed by atoms with Gasteiger partial charge in [0.15, 0.2) is 0 Å². The molecule has 78 valence electrons. The van der Waals surface area contributed by atoms with Gasteiger partial charge in [-0.25, -0.2) is 0 Å². The minimum Gasteiger partial charge on any atom is -0.271 e. The zero-order valence-electron chi connectivity index (χ0n) is 9.19. The fourth-order valence-corrected chi connectivity index (χ4v) is 1.80. The van der Waals surface area contributed by atoms with Crippen LogP contribution in [0, 0.1) is 0 Å². The number of nitrogens with zero attached hydrogens (tertiary/aromatic N) is 2. The van der Waals surface area contributed by atoms with Gasteiger partial charge in [-0.3, -0.25) is 14.7 Å². The van der Waals surface area contributed by atoms with E-state index in [2.05, 4.69) is 4.99 Å². The maximum Gasteiger partial charge on any atom is 0.259 e. The zero-order chi connectivity index (χ0) is 11.1. The van der Waals surface area contributed by atoms with Crippen LogP contribution in [0.5, 0.6) is 0 Å². The highest BCUT2D eigenvalue weighted by molar-refractivity contribution is 6.23. The third-order valence-corrected chi connectivity index (χ3v) is 2.51. The number of benzene rings is 1. The van der Waals surface area contributed by atoms with E-state index in [1.807, 2.05) is 51.1 Å². The van der Waals surface area contributed by atoms with Crippen molar-refractivity contribution in [2.24, 2.45) is 4.99 Å². The van der Waals surface area contributed by atoms with Gasteiger partial charge in [-0.15, -0.1) is 0 Å². The van der Waals surface area contributed by atoms with Crippen LogP contribution >= 0.6 is 0 Å². The van der Waals surface area contributed by atoms with Gasteiger partial charge in [-0.1, -0.05) is 18.2 Å². The van der Waals surface area contributed by atoms with Gasteiger partial charge in [0.1, 0.15) is 11.4 Å². The van der Waals surface area contributed by atoms with Crippen LogP contribution in [0.2, 0.25) is 0 Å². The van der Waals surface area contributed by atoms with Gasteiger partial charge >= 0.3 is 0 Å². The van der Waals surface area contributed by atoms with Crippen LogP contribution in [0.25, 0.3) is 0 Å². The molecule has 3 heteroatoms. The lowest BCUT2D eigenvalue weighted by atomic mass is 10.1. The van der Waals surface area contributed by atoms with Crippen LogP contribution in [0.1, 0.15) is 20.8 Å². The number of carbonyl (C=O) groups is 1. The number of para-hydroxylation sites is 1. The molecule has 0 bridgehead atoms. The normalized spacial score (nSPS) is 19.3. The fraction of sp³-hybridized carbons (Fsp3) is 0.333. The molecule has 0 fully saturated rings. The van der Waals surface area contributed by atoms with Gasteiger partial charge in [-0.05, 0) is 32.9 Å². The first-order chi connectivity index (χ1) is 7.02. The predicted octanol–water partition coefficient (Wildman–Crippen LogP) is 2.23. The largest absolute Gasteiger partial charge is 0.271 e. The van der Waals surface area contributed by atoms with E-state index in [1.54, 1.807) is 4.90 Å². The van der Waals surface area contributed by atoms with Gasteiger partial charge in [0.2, 0.25) is 0 Å². The van der Waals surface area contributed by atoms with Crippen LogP contribution in [-0.2, 0) is 4.79 Å². The first-order valence-corrected chi connectivity index (χ1v) is 4.98. The van der Waals surface area contributed by atoms with Crippen LogP contribution in [0.3, 0.4) is 0 Å². The topological polar surface area (TPSA) is 32.7 Å².